The SMILES string of the molecule is CC(C)C(=O)N1CC2(CC[N+](C)(C(C)C)CC2)C1. The van der Waals surface area contributed by atoms with E-state index in [1.54, 1.807) is 0 Å². The summed E-state index contributed by atoms with van der Waals surface area (Å²) in [6.45, 7) is 13.2. The second-order valence-corrected chi connectivity index (χ2v) is 7.37. The number of carbonyl (C=O) groups is 1. The highest BCUT2D eigenvalue weighted by atomic mass is 16.2. The van der Waals surface area contributed by atoms with Gasteiger partial charge in [-0.2, -0.15) is 0 Å². The van der Waals surface area contributed by atoms with Crippen LogP contribution in [0, 0.1) is 11.3 Å². The molecule has 2 fully saturated rings. The lowest BCUT2D eigenvalue weighted by Crippen LogP contribution is -2.66. The van der Waals surface area contributed by atoms with Crippen LogP contribution < -0.4 is 0 Å². The summed E-state index contributed by atoms with van der Waals surface area (Å²) in [6.07, 6.45) is 2.59. The summed E-state index contributed by atoms with van der Waals surface area (Å²) in [7, 11) is 2.38. The van der Waals surface area contributed by atoms with Crippen LogP contribution in [0.3, 0.4) is 0 Å². The van der Waals surface area contributed by atoms with Gasteiger partial charge in [-0.05, 0) is 13.8 Å². The third-order valence-corrected chi connectivity index (χ3v) is 5.41. The van der Waals surface area contributed by atoms with E-state index < -0.39 is 0 Å². The maximum absolute atomic E-state index is 11.9. The second-order valence-electron chi connectivity index (χ2n) is 7.37. The number of hydrogen-bond donors (Lipinski definition) is 0. The average molecular weight is 253 g/mol. The molecule has 2 aliphatic rings. The number of quaternary nitrogens is 1. The van der Waals surface area contributed by atoms with Crippen LogP contribution in [0.4, 0.5) is 0 Å². The van der Waals surface area contributed by atoms with Crippen molar-refractivity contribution in [1.29, 1.82) is 0 Å². The van der Waals surface area contributed by atoms with E-state index in [1.165, 1.54) is 30.4 Å². The number of rotatable bonds is 2. The highest BCUT2D eigenvalue weighted by molar-refractivity contribution is 5.79. The zero-order chi connectivity index (χ0) is 13.6. The standard InChI is InChI=1S/C15H29N2O/c1-12(2)14(18)16-10-15(11-16)6-8-17(5,9-7-15)13(3)4/h12-13H,6-11H2,1-5H3/q+1. The minimum Gasteiger partial charge on any atom is -0.341 e. The number of nitrogens with zero attached hydrogens (tertiary/aromatic N) is 2. The van der Waals surface area contributed by atoms with Gasteiger partial charge in [0.1, 0.15) is 0 Å². The van der Waals surface area contributed by atoms with Gasteiger partial charge in [0, 0.05) is 37.3 Å². The lowest BCUT2D eigenvalue weighted by molar-refractivity contribution is -0.936. The fourth-order valence-corrected chi connectivity index (χ4v) is 3.34. The van der Waals surface area contributed by atoms with Crippen molar-refractivity contribution >= 4 is 5.91 Å². The molecule has 1 amide bonds. The first-order valence-corrected chi connectivity index (χ1v) is 7.41. The summed E-state index contributed by atoms with van der Waals surface area (Å²) in [5, 5.41) is 0. The predicted octanol–water partition coefficient (Wildman–Crippen LogP) is 2.12. The first kappa shape index (κ1) is 13.9. The van der Waals surface area contributed by atoms with Gasteiger partial charge in [-0.15, -0.1) is 0 Å². The van der Waals surface area contributed by atoms with E-state index in [9.17, 15) is 4.79 Å². The van der Waals surface area contributed by atoms with Crippen molar-refractivity contribution in [3.05, 3.63) is 0 Å². The van der Waals surface area contributed by atoms with Crippen LogP contribution in [0.1, 0.15) is 40.5 Å². The van der Waals surface area contributed by atoms with Crippen LogP contribution in [0.2, 0.25) is 0 Å². The van der Waals surface area contributed by atoms with Crippen molar-refractivity contribution in [2.24, 2.45) is 11.3 Å². The van der Waals surface area contributed by atoms with Gasteiger partial charge in [-0.25, -0.2) is 0 Å². The third kappa shape index (κ3) is 2.29. The van der Waals surface area contributed by atoms with Crippen molar-refractivity contribution in [3.63, 3.8) is 0 Å². The fourth-order valence-electron chi connectivity index (χ4n) is 3.34. The Bertz CT molecular complexity index is 319. The molecule has 2 heterocycles. The molecule has 0 aliphatic carbocycles. The van der Waals surface area contributed by atoms with Crippen molar-refractivity contribution in [2.75, 3.05) is 33.2 Å². The largest absolute Gasteiger partial charge is 0.341 e. The molecule has 2 rings (SSSR count). The number of likely N-dealkylation sites (tertiary alicyclic amines) is 2. The van der Waals surface area contributed by atoms with Gasteiger partial charge in [-0.1, -0.05) is 13.8 Å². The summed E-state index contributed by atoms with van der Waals surface area (Å²) in [4.78, 5) is 14.0. The Hall–Kier alpha value is -0.570. The molecular weight excluding hydrogens is 224 g/mol. The third-order valence-electron chi connectivity index (χ3n) is 5.41. The molecule has 18 heavy (non-hydrogen) atoms. The maximum Gasteiger partial charge on any atom is 0.225 e. The molecular formula is C15H29N2O+. The quantitative estimate of drug-likeness (QED) is 0.690. The van der Waals surface area contributed by atoms with Crippen LogP contribution in [0.5, 0.6) is 0 Å². The van der Waals surface area contributed by atoms with Crippen molar-refractivity contribution in [2.45, 2.75) is 46.6 Å². The van der Waals surface area contributed by atoms with Gasteiger partial charge in [0.05, 0.1) is 26.2 Å². The predicted molar refractivity (Wildman–Crippen MR) is 74.1 cm³/mol. The summed E-state index contributed by atoms with van der Waals surface area (Å²) < 4.78 is 1.21. The zero-order valence-electron chi connectivity index (χ0n) is 12.7. The minimum atomic E-state index is 0.155. The molecule has 0 atom stereocenters. The zero-order valence-corrected chi connectivity index (χ0v) is 12.7. The van der Waals surface area contributed by atoms with Gasteiger partial charge in [0.2, 0.25) is 5.91 Å². The number of piperidine rings is 1. The smallest absolute Gasteiger partial charge is 0.225 e. The number of hydrogen-bond acceptors (Lipinski definition) is 1. The van der Waals surface area contributed by atoms with Crippen molar-refractivity contribution in [3.8, 4) is 0 Å². The summed E-state index contributed by atoms with van der Waals surface area (Å²) in [5.41, 5.74) is 0.469. The second kappa shape index (κ2) is 4.52. The van der Waals surface area contributed by atoms with Crippen LogP contribution in [-0.4, -0.2) is 54.6 Å². The van der Waals surface area contributed by atoms with Crippen LogP contribution in [-0.2, 0) is 4.79 Å². The molecule has 0 N–H and O–H groups in total. The Balaban J connectivity index is 1.87. The van der Waals surface area contributed by atoms with E-state index in [1.807, 2.05) is 13.8 Å². The highest BCUT2D eigenvalue weighted by Gasteiger charge is 2.50. The Morgan fingerprint density at radius 1 is 1.11 bits per heavy atom. The van der Waals surface area contributed by atoms with E-state index in [-0.39, 0.29) is 5.92 Å². The Labute approximate surface area is 112 Å². The molecule has 2 saturated heterocycles. The Morgan fingerprint density at radius 3 is 2.00 bits per heavy atom. The molecule has 0 aromatic rings. The van der Waals surface area contributed by atoms with E-state index in [2.05, 4.69) is 25.8 Å². The molecule has 3 heteroatoms. The lowest BCUT2D eigenvalue weighted by Gasteiger charge is -2.56. The maximum atomic E-state index is 11.9. The Kier molecular flexibility index (Phi) is 3.48. The monoisotopic (exact) mass is 253 g/mol. The first-order chi connectivity index (χ1) is 8.28. The van der Waals surface area contributed by atoms with E-state index >= 15 is 0 Å². The lowest BCUT2D eigenvalue weighted by atomic mass is 9.71. The van der Waals surface area contributed by atoms with Gasteiger partial charge in [-0.3, -0.25) is 4.79 Å². The molecule has 0 saturated carbocycles. The molecule has 0 bridgehead atoms. The van der Waals surface area contributed by atoms with Gasteiger partial charge in [0.15, 0.2) is 0 Å². The van der Waals surface area contributed by atoms with E-state index in [0.717, 1.165) is 19.1 Å². The molecule has 104 valence electrons. The van der Waals surface area contributed by atoms with Crippen LogP contribution in [0.25, 0.3) is 0 Å². The topological polar surface area (TPSA) is 20.3 Å². The molecule has 3 nitrogen and oxygen atoms in total. The van der Waals surface area contributed by atoms with E-state index in [4.69, 9.17) is 0 Å². The average Bonchev–Trinajstić information content (AvgIpc) is 2.26. The van der Waals surface area contributed by atoms with Crippen LogP contribution in [0.15, 0.2) is 0 Å². The van der Waals surface area contributed by atoms with Gasteiger partial charge >= 0.3 is 0 Å². The normalized spacial score (nSPS) is 25.6. The van der Waals surface area contributed by atoms with Crippen molar-refractivity contribution in [1.82, 2.24) is 4.90 Å². The minimum absolute atomic E-state index is 0.155. The van der Waals surface area contributed by atoms with Gasteiger partial charge in [0.25, 0.3) is 0 Å². The molecule has 2 aliphatic heterocycles. The van der Waals surface area contributed by atoms with Gasteiger partial charge < -0.3 is 9.38 Å². The summed E-state index contributed by atoms with van der Waals surface area (Å²) in [5.74, 6) is 0.495. The highest BCUT2D eigenvalue weighted by Crippen LogP contribution is 2.42. The van der Waals surface area contributed by atoms with E-state index in [0.29, 0.717) is 11.3 Å². The molecule has 0 unspecified atom stereocenters. The number of amides is 1. The Morgan fingerprint density at radius 2 is 1.61 bits per heavy atom. The number of carbonyl (C=O) groups excluding carboxylic acids is 1. The molecule has 0 radical (unpaired) electrons. The summed E-state index contributed by atoms with van der Waals surface area (Å²) in [6, 6.07) is 0.718. The van der Waals surface area contributed by atoms with Crippen LogP contribution >= 0.6 is 0 Å². The fraction of sp³-hybridized carbons (Fsp3) is 0.933. The molecule has 0 aromatic carbocycles. The molecule has 1 spiro atoms. The summed E-state index contributed by atoms with van der Waals surface area (Å²) >= 11 is 0. The first-order valence-electron chi connectivity index (χ1n) is 7.41. The molecule has 0 aromatic heterocycles. The van der Waals surface area contributed by atoms with Crippen molar-refractivity contribution < 1.29 is 9.28 Å².